The third-order valence-corrected chi connectivity index (χ3v) is 6.37. The zero-order valence-electron chi connectivity index (χ0n) is 11.8. The largest absolute Gasteiger partial charge is 0.377 e. The van der Waals surface area contributed by atoms with Crippen LogP contribution in [0, 0.1) is 0 Å². The minimum Gasteiger partial charge on any atom is -0.377 e. The number of rotatable bonds is 3. The molecule has 0 bridgehead atoms. The van der Waals surface area contributed by atoms with E-state index in [2.05, 4.69) is 18.2 Å². The van der Waals surface area contributed by atoms with Gasteiger partial charge in [0.25, 0.3) is 0 Å². The number of nitrogens with two attached hydrogens (primary N) is 1. The Morgan fingerprint density at radius 1 is 1.25 bits per heavy atom. The fraction of sp³-hybridized carbons (Fsp3) is 0.625. The van der Waals surface area contributed by atoms with Gasteiger partial charge in [0.2, 0.25) is 0 Å². The van der Waals surface area contributed by atoms with Crippen molar-refractivity contribution in [2.45, 2.75) is 49.5 Å². The van der Waals surface area contributed by atoms with Gasteiger partial charge in [-0.05, 0) is 43.2 Å². The zero-order chi connectivity index (χ0) is 13.9. The predicted molar refractivity (Wildman–Crippen MR) is 82.1 cm³/mol. The summed E-state index contributed by atoms with van der Waals surface area (Å²) in [7, 11) is -0.895. The van der Waals surface area contributed by atoms with Crippen molar-refractivity contribution < 1.29 is 8.95 Å². The molecule has 0 radical (unpaired) electrons. The smallest absolute Gasteiger partial charge is 0.0691 e. The summed E-state index contributed by atoms with van der Waals surface area (Å²) in [5, 5.41) is 0.0721. The van der Waals surface area contributed by atoms with E-state index in [1.165, 1.54) is 11.1 Å². The summed E-state index contributed by atoms with van der Waals surface area (Å²) in [6.45, 7) is 0.821. The number of hydrogen-bond donors (Lipinski definition) is 1. The molecule has 4 unspecified atom stereocenters. The van der Waals surface area contributed by atoms with Crippen molar-refractivity contribution in [3.8, 4) is 0 Å². The van der Waals surface area contributed by atoms with E-state index in [1.54, 1.807) is 0 Å². The fourth-order valence-corrected chi connectivity index (χ4v) is 5.12. The first-order valence-corrected chi connectivity index (χ1v) is 8.96. The molecule has 2 N–H and O–H groups in total. The first-order valence-electron chi connectivity index (χ1n) is 7.58. The van der Waals surface area contributed by atoms with Crippen molar-refractivity contribution in [3.05, 3.63) is 35.4 Å². The van der Waals surface area contributed by atoms with E-state index in [9.17, 15) is 4.21 Å². The maximum absolute atomic E-state index is 12.7. The summed E-state index contributed by atoms with van der Waals surface area (Å²) in [5.41, 5.74) is 8.95. The fourth-order valence-electron chi connectivity index (χ4n) is 3.34. The summed E-state index contributed by atoms with van der Waals surface area (Å²) >= 11 is 0. The van der Waals surface area contributed by atoms with Gasteiger partial charge in [-0.2, -0.15) is 0 Å². The highest BCUT2D eigenvalue weighted by Gasteiger charge is 2.31. The number of ether oxygens (including phenoxy) is 1. The maximum atomic E-state index is 12.7. The molecular formula is C16H23NO2S. The van der Waals surface area contributed by atoms with Crippen LogP contribution in [0.1, 0.15) is 42.9 Å². The van der Waals surface area contributed by atoms with Crippen LogP contribution >= 0.6 is 0 Å². The summed E-state index contributed by atoms with van der Waals surface area (Å²) in [5.74, 6) is 0.653. The SMILES string of the molecule is NC1c2ccccc2CCCC1S(=O)CC1CCCO1. The normalized spacial score (nSPS) is 31.6. The van der Waals surface area contributed by atoms with E-state index in [-0.39, 0.29) is 17.4 Å². The number of benzene rings is 1. The summed E-state index contributed by atoms with van der Waals surface area (Å²) in [6, 6.07) is 8.25. The Bertz CT molecular complexity index is 485. The molecule has 110 valence electrons. The molecule has 1 saturated heterocycles. The standard InChI is InChI=1S/C16H23NO2S/c17-16-14-8-2-1-5-12(14)6-3-9-15(16)20(18)11-13-7-4-10-19-13/h1-2,5,8,13,15-16H,3-4,6-7,9-11,17H2. The second kappa shape index (κ2) is 6.37. The van der Waals surface area contributed by atoms with Crippen molar-refractivity contribution >= 4 is 10.8 Å². The van der Waals surface area contributed by atoms with Crippen molar-refractivity contribution in [1.82, 2.24) is 0 Å². The van der Waals surface area contributed by atoms with Crippen LogP contribution in [0.5, 0.6) is 0 Å². The highest BCUT2D eigenvalue weighted by atomic mass is 32.2. The minimum atomic E-state index is -0.895. The third kappa shape index (κ3) is 2.97. The van der Waals surface area contributed by atoms with E-state index in [0.717, 1.165) is 38.7 Å². The second-order valence-corrected chi connectivity index (χ2v) is 7.54. The van der Waals surface area contributed by atoms with Gasteiger partial charge in [-0.25, -0.2) is 0 Å². The first kappa shape index (κ1) is 14.2. The van der Waals surface area contributed by atoms with Crippen LogP contribution in [0.4, 0.5) is 0 Å². The van der Waals surface area contributed by atoms with E-state index < -0.39 is 10.8 Å². The predicted octanol–water partition coefficient (Wildman–Crippen LogP) is 2.32. The van der Waals surface area contributed by atoms with Gasteiger partial charge < -0.3 is 10.5 Å². The molecule has 3 rings (SSSR count). The third-order valence-electron chi connectivity index (χ3n) is 4.46. The summed E-state index contributed by atoms with van der Waals surface area (Å²) in [6.07, 6.45) is 5.41. The Labute approximate surface area is 123 Å². The molecule has 4 heteroatoms. The molecule has 4 atom stereocenters. The minimum absolute atomic E-state index is 0.0721. The zero-order valence-corrected chi connectivity index (χ0v) is 12.6. The second-order valence-electron chi connectivity index (χ2n) is 5.84. The lowest BCUT2D eigenvalue weighted by molar-refractivity contribution is 0.128. The lowest BCUT2D eigenvalue weighted by atomic mass is 10.00. The van der Waals surface area contributed by atoms with Crippen molar-refractivity contribution in [2.75, 3.05) is 12.4 Å². The number of fused-ring (bicyclic) bond motifs is 1. The average molecular weight is 293 g/mol. The lowest BCUT2D eigenvalue weighted by Gasteiger charge is -2.23. The monoisotopic (exact) mass is 293 g/mol. The molecule has 20 heavy (non-hydrogen) atoms. The molecule has 0 spiro atoms. The quantitative estimate of drug-likeness (QED) is 0.870. The summed E-state index contributed by atoms with van der Waals surface area (Å²) in [4.78, 5) is 0. The van der Waals surface area contributed by atoms with Crippen molar-refractivity contribution in [2.24, 2.45) is 5.73 Å². The highest BCUT2D eigenvalue weighted by Crippen LogP contribution is 2.31. The topological polar surface area (TPSA) is 52.3 Å². The van der Waals surface area contributed by atoms with Gasteiger partial charge >= 0.3 is 0 Å². The van der Waals surface area contributed by atoms with Crippen LogP contribution in [0.15, 0.2) is 24.3 Å². The lowest BCUT2D eigenvalue weighted by Crippen LogP contribution is -2.33. The molecule has 0 aromatic heterocycles. The van der Waals surface area contributed by atoms with Gasteiger partial charge in [0.1, 0.15) is 0 Å². The molecule has 0 saturated carbocycles. The van der Waals surface area contributed by atoms with Crippen LogP contribution < -0.4 is 5.73 Å². The Morgan fingerprint density at radius 3 is 2.90 bits per heavy atom. The Balaban J connectivity index is 1.74. The molecule has 1 aromatic carbocycles. The molecular weight excluding hydrogens is 270 g/mol. The van der Waals surface area contributed by atoms with Gasteiger partial charge in [-0.15, -0.1) is 0 Å². The number of aryl methyl sites for hydroxylation is 1. The van der Waals surface area contributed by atoms with E-state index in [0.29, 0.717) is 5.75 Å². The Hall–Kier alpha value is -0.710. The van der Waals surface area contributed by atoms with Crippen LogP contribution in [-0.2, 0) is 22.0 Å². The number of hydrogen-bond acceptors (Lipinski definition) is 3. The molecule has 1 heterocycles. The molecule has 3 nitrogen and oxygen atoms in total. The van der Waals surface area contributed by atoms with Gasteiger partial charge in [0.15, 0.2) is 0 Å². The Morgan fingerprint density at radius 2 is 2.10 bits per heavy atom. The van der Waals surface area contributed by atoms with Gasteiger partial charge in [0.05, 0.1) is 17.1 Å². The van der Waals surface area contributed by atoms with E-state index in [4.69, 9.17) is 10.5 Å². The van der Waals surface area contributed by atoms with E-state index in [1.807, 2.05) is 6.07 Å². The Kier molecular flexibility index (Phi) is 4.54. The van der Waals surface area contributed by atoms with Crippen LogP contribution in [0.2, 0.25) is 0 Å². The van der Waals surface area contributed by atoms with Gasteiger partial charge in [-0.3, -0.25) is 4.21 Å². The molecule has 1 aliphatic carbocycles. The van der Waals surface area contributed by atoms with E-state index >= 15 is 0 Å². The van der Waals surface area contributed by atoms with Crippen LogP contribution in [0.3, 0.4) is 0 Å². The van der Waals surface area contributed by atoms with Crippen LogP contribution in [-0.4, -0.2) is 27.9 Å². The molecule has 1 aromatic rings. The first-order chi connectivity index (χ1) is 9.75. The molecule has 1 fully saturated rings. The average Bonchev–Trinajstić information content (AvgIpc) is 2.90. The highest BCUT2D eigenvalue weighted by molar-refractivity contribution is 7.85. The molecule has 1 aliphatic heterocycles. The van der Waals surface area contributed by atoms with Crippen LogP contribution in [0.25, 0.3) is 0 Å². The molecule has 2 aliphatic rings. The summed E-state index contributed by atoms with van der Waals surface area (Å²) < 4.78 is 18.3. The van der Waals surface area contributed by atoms with Crippen molar-refractivity contribution in [1.29, 1.82) is 0 Å². The van der Waals surface area contributed by atoms with Crippen molar-refractivity contribution in [3.63, 3.8) is 0 Å². The van der Waals surface area contributed by atoms with Gasteiger partial charge in [0, 0.05) is 23.4 Å². The molecule has 0 amide bonds. The maximum Gasteiger partial charge on any atom is 0.0691 e. The van der Waals surface area contributed by atoms with Gasteiger partial charge in [-0.1, -0.05) is 24.3 Å².